The van der Waals surface area contributed by atoms with Crippen LogP contribution in [0.25, 0.3) is 22.5 Å². The fourth-order valence-corrected chi connectivity index (χ4v) is 9.58. The maximum Gasteiger partial charge on any atom is 0.204 e. The predicted octanol–water partition coefficient (Wildman–Crippen LogP) is 11.0. The summed E-state index contributed by atoms with van der Waals surface area (Å²) >= 11 is 6.38. The number of hydrogen-bond donors (Lipinski definition) is 1. The second kappa shape index (κ2) is 15.3. The number of nitrogens with one attached hydrogen (secondary N) is 1. The number of H-pyrrole nitrogens is 1. The van der Waals surface area contributed by atoms with Crippen molar-refractivity contribution in [2.45, 2.75) is 63.7 Å². The maximum atomic E-state index is 15.4. The number of allylic oxidation sites excluding steroid dienone is 3. The number of ether oxygens (including phenoxy) is 1. The number of halogens is 2. The number of aryl methyl sites for hydroxylation is 1. The smallest absolute Gasteiger partial charge is 0.204 e. The van der Waals surface area contributed by atoms with Crippen LogP contribution in [0.1, 0.15) is 65.8 Å². The number of tetrazole rings is 1. The number of fused-ring (bicyclic) bond motifs is 6. The van der Waals surface area contributed by atoms with Crippen LogP contribution in [-0.4, -0.2) is 27.2 Å². The fourth-order valence-electron chi connectivity index (χ4n) is 9.45. The summed E-state index contributed by atoms with van der Waals surface area (Å²) in [7, 11) is 0. The van der Waals surface area contributed by atoms with Gasteiger partial charge in [-0.15, -0.1) is 10.2 Å². The average molecular weight is 737 g/mol. The predicted molar refractivity (Wildman–Crippen MR) is 210 cm³/mol. The molecule has 1 fully saturated rings. The highest BCUT2D eigenvalue weighted by molar-refractivity contribution is 6.30. The van der Waals surface area contributed by atoms with Crippen molar-refractivity contribution in [2.24, 2.45) is 28.0 Å². The van der Waals surface area contributed by atoms with Gasteiger partial charge in [-0.3, -0.25) is 0 Å². The van der Waals surface area contributed by atoms with Crippen molar-refractivity contribution in [3.8, 4) is 28.3 Å². The molecular weight excluding hydrogens is 695 g/mol. The Morgan fingerprint density at radius 2 is 1.74 bits per heavy atom. The number of hydrogen-bond acceptors (Lipinski definition) is 6. The molecule has 4 aromatic carbocycles. The molecule has 5 aliphatic rings. The average Bonchev–Trinajstić information content (AvgIpc) is 4.01. The lowest BCUT2D eigenvalue weighted by Gasteiger charge is -2.44. The second-order valence-corrected chi connectivity index (χ2v) is 15.5. The number of aromatic amines is 1. The zero-order chi connectivity index (χ0) is 36.4. The molecule has 0 amide bonds. The van der Waals surface area contributed by atoms with Crippen molar-refractivity contribution in [3.05, 3.63) is 153 Å². The minimum Gasteiger partial charge on any atom is -0.490 e. The van der Waals surface area contributed by atoms with Crippen molar-refractivity contribution < 1.29 is 9.13 Å². The molecule has 9 heteroatoms. The Balaban J connectivity index is 0.000000423. The maximum absolute atomic E-state index is 15.4. The molecule has 272 valence electrons. The van der Waals surface area contributed by atoms with Crippen molar-refractivity contribution in [2.75, 3.05) is 6.61 Å². The van der Waals surface area contributed by atoms with Gasteiger partial charge in [-0.2, -0.15) is 15.4 Å². The highest BCUT2D eigenvalue weighted by atomic mass is 35.5. The van der Waals surface area contributed by atoms with Crippen LogP contribution in [-0.2, 0) is 25.7 Å². The summed E-state index contributed by atoms with van der Waals surface area (Å²) in [6.45, 7) is 0.491. The van der Waals surface area contributed by atoms with Gasteiger partial charge >= 0.3 is 0 Å². The van der Waals surface area contributed by atoms with E-state index in [1.54, 1.807) is 23.9 Å². The van der Waals surface area contributed by atoms with Gasteiger partial charge in [-0.1, -0.05) is 104 Å². The van der Waals surface area contributed by atoms with Gasteiger partial charge in [0.2, 0.25) is 5.82 Å². The first-order valence-electron chi connectivity index (χ1n) is 19.2. The van der Waals surface area contributed by atoms with Gasteiger partial charge in [-0.05, 0) is 130 Å². The SMILES string of the molecule is C1=CC2=CN=NC2=C1.Fc1cc(-c2nn[nH]n2)ccc1OCC(C1CCCCC1)C1Cc2c(ccc3c2CCc2ccccc2-3)CC1c1ccc(Cl)cc1. The Hall–Kier alpha value is -5.21. The van der Waals surface area contributed by atoms with E-state index in [9.17, 15) is 0 Å². The van der Waals surface area contributed by atoms with Crippen LogP contribution in [0.4, 0.5) is 4.39 Å². The molecule has 54 heavy (non-hydrogen) atoms. The first kappa shape index (κ1) is 34.6. The number of nitrogens with zero attached hydrogens (tertiary/aromatic N) is 5. The molecule has 0 saturated heterocycles. The molecule has 1 aliphatic heterocycles. The standard InChI is InChI=1S/C39H38ClFN4O.C6H4N2/c40-29-15-10-26(11-16-29)33-20-27-13-18-31-30-9-5-4-8-25(30)12-17-32(31)34(27)22-35(33)36(24-6-2-1-3-7-24)23-46-38-19-14-28(21-37(38)41)39-42-44-45-43-39;1-2-5-4-7-8-6(5)3-1/h4-5,8-11,13-16,18-19,21,24,33,35-36H,1-3,6-7,12,17,20,22-23H2,(H,42,43,44,45);1-4H. The molecule has 1 aromatic heterocycles. The Bertz CT molecular complexity index is 2250. The summed E-state index contributed by atoms with van der Waals surface area (Å²) in [6, 6.07) is 27.1. The molecule has 10 rings (SSSR count). The van der Waals surface area contributed by atoms with Crippen LogP contribution >= 0.6 is 11.6 Å². The summed E-state index contributed by atoms with van der Waals surface area (Å²) < 4.78 is 21.9. The van der Waals surface area contributed by atoms with Crippen LogP contribution in [0, 0.1) is 23.6 Å². The largest absolute Gasteiger partial charge is 0.490 e. The van der Waals surface area contributed by atoms with E-state index < -0.39 is 5.82 Å². The van der Waals surface area contributed by atoms with E-state index in [2.05, 4.69) is 79.4 Å². The van der Waals surface area contributed by atoms with E-state index in [-0.39, 0.29) is 11.7 Å². The van der Waals surface area contributed by atoms with Crippen LogP contribution < -0.4 is 4.74 Å². The molecule has 0 spiro atoms. The third kappa shape index (κ3) is 6.95. The molecule has 4 aliphatic carbocycles. The summed E-state index contributed by atoms with van der Waals surface area (Å²) in [6.07, 6.45) is 18.0. The van der Waals surface area contributed by atoms with E-state index in [1.165, 1.54) is 71.6 Å². The van der Waals surface area contributed by atoms with Crippen molar-refractivity contribution in [1.29, 1.82) is 0 Å². The third-order valence-electron chi connectivity index (χ3n) is 12.1. The molecule has 5 aromatic rings. The van der Waals surface area contributed by atoms with E-state index >= 15 is 4.39 Å². The zero-order valence-electron chi connectivity index (χ0n) is 30.1. The second-order valence-electron chi connectivity index (χ2n) is 15.1. The van der Waals surface area contributed by atoms with Crippen molar-refractivity contribution in [3.63, 3.8) is 0 Å². The number of azo groups is 1. The Kier molecular flexibility index (Phi) is 9.77. The number of rotatable bonds is 7. The topological polar surface area (TPSA) is 88.4 Å². The van der Waals surface area contributed by atoms with E-state index in [0.717, 1.165) is 42.0 Å². The quantitative estimate of drug-likeness (QED) is 0.180. The van der Waals surface area contributed by atoms with Crippen molar-refractivity contribution in [1.82, 2.24) is 20.6 Å². The van der Waals surface area contributed by atoms with Crippen LogP contribution in [0.5, 0.6) is 5.75 Å². The summed E-state index contributed by atoms with van der Waals surface area (Å²) in [4.78, 5) is 0. The first-order valence-corrected chi connectivity index (χ1v) is 19.6. The lowest BCUT2D eigenvalue weighted by Crippen LogP contribution is -2.38. The van der Waals surface area contributed by atoms with E-state index in [0.29, 0.717) is 35.7 Å². The summed E-state index contributed by atoms with van der Waals surface area (Å²) in [5.41, 5.74) is 12.8. The highest BCUT2D eigenvalue weighted by Gasteiger charge is 2.41. The van der Waals surface area contributed by atoms with Gasteiger partial charge in [0.15, 0.2) is 11.6 Å². The molecule has 3 atom stereocenters. The molecular formula is C45H42ClFN6O. The van der Waals surface area contributed by atoms with Crippen molar-refractivity contribution >= 4 is 11.6 Å². The Morgan fingerprint density at radius 1 is 0.870 bits per heavy atom. The molecule has 2 heterocycles. The molecule has 1 saturated carbocycles. The van der Waals surface area contributed by atoms with E-state index in [1.807, 2.05) is 30.4 Å². The Morgan fingerprint density at radius 3 is 2.56 bits per heavy atom. The Labute approximate surface area is 320 Å². The minimum absolute atomic E-state index is 0.279. The molecule has 0 radical (unpaired) electrons. The minimum atomic E-state index is -0.402. The zero-order valence-corrected chi connectivity index (χ0v) is 30.9. The third-order valence-corrected chi connectivity index (χ3v) is 12.4. The molecule has 3 unspecified atom stereocenters. The van der Waals surface area contributed by atoms with E-state index in [4.69, 9.17) is 16.3 Å². The van der Waals surface area contributed by atoms with Gasteiger partial charge in [0.05, 0.1) is 18.5 Å². The first-order chi connectivity index (χ1) is 26.6. The van der Waals surface area contributed by atoms with Gasteiger partial charge in [0.1, 0.15) is 0 Å². The van der Waals surface area contributed by atoms with Crippen LogP contribution in [0.2, 0.25) is 5.02 Å². The summed E-state index contributed by atoms with van der Waals surface area (Å²) in [5.74, 6) is 1.76. The molecule has 1 N–H and O–H groups in total. The van der Waals surface area contributed by atoms with Crippen LogP contribution in [0.3, 0.4) is 0 Å². The lowest BCUT2D eigenvalue weighted by molar-refractivity contribution is 0.0890. The molecule has 0 bridgehead atoms. The fraction of sp³-hybridized carbons (Fsp3) is 0.311. The normalized spacial score (nSPS) is 20.1. The van der Waals surface area contributed by atoms with Gasteiger partial charge < -0.3 is 4.74 Å². The van der Waals surface area contributed by atoms with Gasteiger partial charge in [0.25, 0.3) is 0 Å². The van der Waals surface area contributed by atoms with Crippen LogP contribution in [0.15, 0.2) is 125 Å². The van der Waals surface area contributed by atoms with Gasteiger partial charge in [-0.25, -0.2) is 4.39 Å². The highest BCUT2D eigenvalue weighted by Crippen LogP contribution is 2.49. The van der Waals surface area contributed by atoms with Gasteiger partial charge in [0, 0.05) is 16.2 Å². The monoisotopic (exact) mass is 736 g/mol. The molecule has 7 nitrogen and oxygen atoms in total. The lowest BCUT2D eigenvalue weighted by atomic mass is 9.62. The number of benzene rings is 4. The summed E-state index contributed by atoms with van der Waals surface area (Å²) in [5, 5.41) is 22.3. The number of aromatic nitrogens is 4.